The summed E-state index contributed by atoms with van der Waals surface area (Å²) in [7, 11) is 0. The highest BCUT2D eigenvalue weighted by atomic mass is 32.1. The number of hydrogen-bond acceptors (Lipinski definition) is 5. The number of carbonyl (C=O) groups is 2. The highest BCUT2D eigenvalue weighted by molar-refractivity contribution is 7.17. The fourth-order valence-corrected chi connectivity index (χ4v) is 2.95. The predicted molar refractivity (Wildman–Crippen MR) is 88.6 cm³/mol. The number of hydrogen-bond donors (Lipinski definition) is 3. The number of para-hydroxylation sites is 1. The Morgan fingerprint density at radius 2 is 1.96 bits per heavy atom. The van der Waals surface area contributed by atoms with Gasteiger partial charge in [-0.3, -0.25) is 30.6 Å². The lowest BCUT2D eigenvalue weighted by molar-refractivity contribution is -0.380. The minimum absolute atomic E-state index is 0.0921. The molecule has 0 fully saturated rings. The zero-order chi connectivity index (χ0) is 17.1. The molecule has 0 aliphatic heterocycles. The number of nitro groups is 1. The number of nitrogens with one attached hydrogen (secondary N) is 3. The third-order valence-electron chi connectivity index (χ3n) is 3.34. The van der Waals surface area contributed by atoms with E-state index in [-0.39, 0.29) is 22.2 Å². The van der Waals surface area contributed by atoms with E-state index in [1.54, 1.807) is 6.20 Å². The van der Waals surface area contributed by atoms with E-state index in [4.69, 9.17) is 0 Å². The van der Waals surface area contributed by atoms with Gasteiger partial charge < -0.3 is 4.98 Å². The third kappa shape index (κ3) is 3.25. The molecule has 0 aliphatic rings. The summed E-state index contributed by atoms with van der Waals surface area (Å²) < 4.78 is 0. The number of rotatable bonds is 4. The molecule has 0 spiro atoms. The topological polar surface area (TPSA) is 117 Å². The molecule has 3 rings (SSSR count). The number of aromatic amines is 1. The van der Waals surface area contributed by atoms with Crippen LogP contribution in [-0.2, 0) is 11.2 Å². The lowest BCUT2D eigenvalue weighted by Crippen LogP contribution is -2.42. The molecule has 0 aliphatic carbocycles. The summed E-state index contributed by atoms with van der Waals surface area (Å²) in [6, 6.07) is 10.2. The van der Waals surface area contributed by atoms with Crippen molar-refractivity contribution in [2.75, 3.05) is 0 Å². The number of nitrogens with zero attached hydrogens (tertiary/aromatic N) is 1. The molecule has 24 heavy (non-hydrogen) atoms. The summed E-state index contributed by atoms with van der Waals surface area (Å²) in [5.74, 6) is -0.987. The van der Waals surface area contributed by atoms with E-state index < -0.39 is 10.8 Å². The summed E-state index contributed by atoms with van der Waals surface area (Å²) in [6.07, 6.45) is 1.84. The lowest BCUT2D eigenvalue weighted by Gasteiger charge is -2.05. The van der Waals surface area contributed by atoms with Gasteiger partial charge >= 0.3 is 5.00 Å². The molecule has 9 heteroatoms. The number of aromatic nitrogens is 1. The average Bonchev–Trinajstić information content (AvgIpc) is 3.20. The Hall–Kier alpha value is -3.20. The van der Waals surface area contributed by atoms with Crippen LogP contribution in [0, 0.1) is 10.1 Å². The molecule has 0 atom stereocenters. The summed E-state index contributed by atoms with van der Waals surface area (Å²) in [5.41, 5.74) is 6.29. The molecule has 0 saturated heterocycles. The van der Waals surface area contributed by atoms with Crippen LogP contribution in [-0.4, -0.2) is 21.7 Å². The molecule has 1 aromatic carbocycles. The molecule has 2 heterocycles. The number of fused-ring (bicyclic) bond motifs is 1. The number of hydrazine groups is 1. The number of carbonyl (C=O) groups excluding carboxylic acids is 2. The Labute approximate surface area is 139 Å². The van der Waals surface area contributed by atoms with Gasteiger partial charge in [-0.2, -0.15) is 0 Å². The number of thiophene rings is 1. The molecular formula is C15H12N4O4S. The highest BCUT2D eigenvalue weighted by Gasteiger charge is 2.16. The van der Waals surface area contributed by atoms with Crippen molar-refractivity contribution in [3.8, 4) is 0 Å². The van der Waals surface area contributed by atoms with Crippen molar-refractivity contribution in [1.29, 1.82) is 0 Å². The van der Waals surface area contributed by atoms with Gasteiger partial charge in [-0.25, -0.2) is 0 Å². The van der Waals surface area contributed by atoms with Gasteiger partial charge in [0.05, 0.1) is 11.3 Å². The fraction of sp³-hybridized carbons (Fsp3) is 0.0667. The normalized spacial score (nSPS) is 10.5. The van der Waals surface area contributed by atoms with E-state index in [1.165, 1.54) is 12.1 Å². The highest BCUT2D eigenvalue weighted by Crippen LogP contribution is 2.23. The van der Waals surface area contributed by atoms with Crippen LogP contribution in [0.3, 0.4) is 0 Å². The quantitative estimate of drug-likeness (QED) is 0.496. The van der Waals surface area contributed by atoms with E-state index in [1.807, 2.05) is 24.3 Å². The zero-order valence-corrected chi connectivity index (χ0v) is 13.1. The van der Waals surface area contributed by atoms with Crippen LogP contribution >= 0.6 is 11.3 Å². The van der Waals surface area contributed by atoms with Crippen molar-refractivity contribution in [3.05, 3.63) is 63.1 Å². The SMILES string of the molecule is O=C(Cc1c[nH]c2ccccc12)NNC(=O)c1ccc([N+](=O)[O-])s1. The van der Waals surface area contributed by atoms with Crippen LogP contribution in [0.25, 0.3) is 10.9 Å². The van der Waals surface area contributed by atoms with Crippen LogP contribution < -0.4 is 10.9 Å². The maximum Gasteiger partial charge on any atom is 0.324 e. The van der Waals surface area contributed by atoms with Crippen molar-refractivity contribution in [1.82, 2.24) is 15.8 Å². The maximum atomic E-state index is 12.0. The van der Waals surface area contributed by atoms with E-state index >= 15 is 0 Å². The van der Waals surface area contributed by atoms with Crippen molar-refractivity contribution in [2.24, 2.45) is 0 Å². The van der Waals surface area contributed by atoms with E-state index in [2.05, 4.69) is 15.8 Å². The Morgan fingerprint density at radius 1 is 1.17 bits per heavy atom. The van der Waals surface area contributed by atoms with Gasteiger partial charge in [0.25, 0.3) is 5.91 Å². The van der Waals surface area contributed by atoms with Gasteiger partial charge in [0.2, 0.25) is 5.91 Å². The summed E-state index contributed by atoms with van der Waals surface area (Å²) in [6.45, 7) is 0. The summed E-state index contributed by atoms with van der Waals surface area (Å²) >= 11 is 0.741. The molecule has 3 aromatic rings. The first-order valence-corrected chi connectivity index (χ1v) is 7.74. The Kier molecular flexibility index (Phi) is 4.25. The molecule has 2 amide bonds. The van der Waals surface area contributed by atoms with Crippen LogP contribution in [0.5, 0.6) is 0 Å². The van der Waals surface area contributed by atoms with E-state index in [0.717, 1.165) is 27.8 Å². The Balaban J connectivity index is 1.59. The Bertz CT molecular complexity index is 930. The molecule has 3 N–H and O–H groups in total. The van der Waals surface area contributed by atoms with Crippen molar-refractivity contribution in [3.63, 3.8) is 0 Å². The van der Waals surface area contributed by atoms with Gasteiger partial charge in [0.1, 0.15) is 4.88 Å². The largest absolute Gasteiger partial charge is 0.361 e. The Morgan fingerprint density at radius 3 is 2.71 bits per heavy atom. The average molecular weight is 344 g/mol. The van der Waals surface area contributed by atoms with Crippen molar-refractivity contribution >= 4 is 39.1 Å². The van der Waals surface area contributed by atoms with Crippen LogP contribution in [0.1, 0.15) is 15.2 Å². The fourth-order valence-electron chi connectivity index (χ4n) is 2.23. The standard InChI is InChI=1S/C15H12N4O4S/c20-13(7-9-8-16-11-4-2-1-3-10(9)11)17-18-15(21)12-5-6-14(24-12)19(22)23/h1-6,8,16H,7H2,(H,17,20)(H,18,21). The van der Waals surface area contributed by atoms with Gasteiger partial charge in [-0.15, -0.1) is 0 Å². The summed E-state index contributed by atoms with van der Waals surface area (Å²) in [4.78, 5) is 37.1. The van der Waals surface area contributed by atoms with Crippen LogP contribution in [0.15, 0.2) is 42.6 Å². The molecule has 0 radical (unpaired) electrons. The monoisotopic (exact) mass is 344 g/mol. The molecular weight excluding hydrogens is 332 g/mol. The molecule has 8 nitrogen and oxygen atoms in total. The van der Waals surface area contributed by atoms with E-state index in [9.17, 15) is 19.7 Å². The van der Waals surface area contributed by atoms with Crippen LogP contribution in [0.4, 0.5) is 5.00 Å². The van der Waals surface area contributed by atoms with Gasteiger partial charge in [-0.1, -0.05) is 29.5 Å². The zero-order valence-electron chi connectivity index (χ0n) is 12.2. The molecule has 2 aromatic heterocycles. The number of amides is 2. The smallest absolute Gasteiger partial charge is 0.324 e. The molecule has 122 valence electrons. The number of H-pyrrole nitrogens is 1. The molecule has 0 saturated carbocycles. The molecule has 0 unspecified atom stereocenters. The van der Waals surface area contributed by atoms with Gasteiger partial charge in [-0.05, 0) is 17.7 Å². The van der Waals surface area contributed by atoms with Gasteiger partial charge in [0, 0.05) is 23.2 Å². The first kappa shape index (κ1) is 15.7. The predicted octanol–water partition coefficient (Wildman–Crippen LogP) is 2.14. The second-order valence-corrected chi connectivity index (χ2v) is 6.00. The minimum atomic E-state index is -0.597. The van der Waals surface area contributed by atoms with Gasteiger partial charge in [0.15, 0.2) is 0 Å². The molecule has 0 bridgehead atoms. The maximum absolute atomic E-state index is 12.0. The minimum Gasteiger partial charge on any atom is -0.361 e. The second-order valence-electron chi connectivity index (χ2n) is 4.93. The number of benzene rings is 1. The van der Waals surface area contributed by atoms with Crippen LogP contribution in [0.2, 0.25) is 0 Å². The third-order valence-corrected chi connectivity index (χ3v) is 4.37. The second kappa shape index (κ2) is 6.50. The van der Waals surface area contributed by atoms with Crippen molar-refractivity contribution in [2.45, 2.75) is 6.42 Å². The first-order valence-electron chi connectivity index (χ1n) is 6.93. The lowest BCUT2D eigenvalue weighted by atomic mass is 10.1. The van der Waals surface area contributed by atoms with E-state index in [0.29, 0.717) is 0 Å². The van der Waals surface area contributed by atoms with Crippen molar-refractivity contribution < 1.29 is 14.5 Å². The summed E-state index contributed by atoms with van der Waals surface area (Å²) in [5, 5.41) is 11.4. The first-order chi connectivity index (χ1) is 11.5.